The maximum Gasteiger partial charge on any atom is 0.219 e. The fourth-order valence-corrected chi connectivity index (χ4v) is 3.27. The SMILES string of the molecule is CC.CC(C)C(=O)C1CCCN1.CNC(=O)CCC1CCCCC1. The third-order valence-electron chi connectivity index (χ3n) is 4.76. The first kappa shape index (κ1) is 23.1. The van der Waals surface area contributed by atoms with Gasteiger partial charge in [-0.3, -0.25) is 9.59 Å². The Morgan fingerprint density at radius 2 is 1.67 bits per heavy atom. The molecule has 2 N–H and O–H groups in total. The molecule has 2 fully saturated rings. The Balaban J connectivity index is 0.000000405. The summed E-state index contributed by atoms with van der Waals surface area (Å²) in [6.07, 6.45) is 10.8. The Labute approximate surface area is 149 Å². The van der Waals surface area contributed by atoms with Gasteiger partial charge < -0.3 is 10.6 Å². The molecule has 2 aliphatic rings. The van der Waals surface area contributed by atoms with Crippen LogP contribution < -0.4 is 10.6 Å². The number of hydrogen-bond donors (Lipinski definition) is 2. The minimum absolute atomic E-state index is 0.167. The summed E-state index contributed by atoms with van der Waals surface area (Å²) < 4.78 is 0. The molecule has 0 spiro atoms. The Kier molecular flexibility index (Phi) is 13.9. The van der Waals surface area contributed by atoms with Gasteiger partial charge in [-0.05, 0) is 31.7 Å². The van der Waals surface area contributed by atoms with E-state index in [9.17, 15) is 9.59 Å². The van der Waals surface area contributed by atoms with Crippen LogP contribution in [0.15, 0.2) is 0 Å². The molecule has 1 saturated carbocycles. The van der Waals surface area contributed by atoms with Gasteiger partial charge in [-0.1, -0.05) is 59.8 Å². The molecule has 1 atom stereocenters. The van der Waals surface area contributed by atoms with Crippen LogP contribution in [0.3, 0.4) is 0 Å². The molecular weight excluding hydrogens is 300 g/mol. The molecule has 0 aromatic carbocycles. The minimum Gasteiger partial charge on any atom is -0.359 e. The van der Waals surface area contributed by atoms with Gasteiger partial charge in [0.05, 0.1) is 6.04 Å². The summed E-state index contributed by atoms with van der Waals surface area (Å²) in [6.45, 7) is 8.94. The predicted molar refractivity (Wildman–Crippen MR) is 102 cm³/mol. The van der Waals surface area contributed by atoms with Crippen LogP contribution >= 0.6 is 0 Å². The van der Waals surface area contributed by atoms with Crippen molar-refractivity contribution in [3.05, 3.63) is 0 Å². The lowest BCUT2D eigenvalue weighted by Gasteiger charge is -2.20. The predicted octanol–water partition coefficient (Wildman–Crippen LogP) is 4.08. The normalized spacial score (nSPS) is 20.5. The van der Waals surface area contributed by atoms with Crippen LogP contribution in [-0.4, -0.2) is 31.3 Å². The van der Waals surface area contributed by atoms with Crippen LogP contribution in [0, 0.1) is 11.8 Å². The quantitative estimate of drug-likeness (QED) is 0.793. The molecule has 1 aliphatic heterocycles. The van der Waals surface area contributed by atoms with Gasteiger partial charge >= 0.3 is 0 Å². The third-order valence-corrected chi connectivity index (χ3v) is 4.76. The molecule has 1 amide bonds. The van der Waals surface area contributed by atoms with Gasteiger partial charge in [0.1, 0.15) is 0 Å². The lowest BCUT2D eigenvalue weighted by molar-refractivity contribution is -0.123. The van der Waals surface area contributed by atoms with Crippen molar-refractivity contribution in [1.29, 1.82) is 0 Å². The Bertz CT molecular complexity index is 331. The van der Waals surface area contributed by atoms with E-state index in [1.807, 2.05) is 27.7 Å². The molecule has 0 aromatic heterocycles. The van der Waals surface area contributed by atoms with Gasteiger partial charge in [0.25, 0.3) is 0 Å². The summed E-state index contributed by atoms with van der Waals surface area (Å²) in [7, 11) is 1.71. The van der Waals surface area contributed by atoms with Crippen LogP contribution in [-0.2, 0) is 9.59 Å². The fourth-order valence-electron chi connectivity index (χ4n) is 3.27. The summed E-state index contributed by atoms with van der Waals surface area (Å²) in [5.74, 6) is 1.59. The van der Waals surface area contributed by atoms with E-state index in [1.165, 1.54) is 32.1 Å². The molecule has 0 aromatic rings. The summed E-state index contributed by atoms with van der Waals surface area (Å²) in [4.78, 5) is 22.2. The molecule has 1 unspecified atom stereocenters. The Morgan fingerprint density at radius 3 is 2.12 bits per heavy atom. The van der Waals surface area contributed by atoms with Gasteiger partial charge in [-0.2, -0.15) is 0 Å². The van der Waals surface area contributed by atoms with Crippen molar-refractivity contribution in [2.45, 2.75) is 91.5 Å². The smallest absolute Gasteiger partial charge is 0.219 e. The molecular formula is C20H40N2O2. The lowest BCUT2D eigenvalue weighted by Crippen LogP contribution is -2.33. The number of nitrogens with one attached hydrogen (secondary N) is 2. The highest BCUT2D eigenvalue weighted by Gasteiger charge is 2.23. The van der Waals surface area contributed by atoms with E-state index in [4.69, 9.17) is 0 Å². The summed E-state index contributed by atoms with van der Waals surface area (Å²) in [5.41, 5.74) is 0. The first-order chi connectivity index (χ1) is 11.5. The van der Waals surface area contributed by atoms with Crippen molar-refractivity contribution in [2.24, 2.45) is 11.8 Å². The average molecular weight is 341 g/mol. The first-order valence-electron chi connectivity index (χ1n) is 10.0. The molecule has 1 heterocycles. The van der Waals surface area contributed by atoms with Crippen molar-refractivity contribution >= 4 is 11.7 Å². The van der Waals surface area contributed by atoms with Crippen LogP contribution in [0.5, 0.6) is 0 Å². The fraction of sp³-hybridized carbons (Fsp3) is 0.900. The van der Waals surface area contributed by atoms with Gasteiger partial charge in [0.15, 0.2) is 5.78 Å². The maximum absolute atomic E-state index is 11.3. The zero-order chi connectivity index (χ0) is 18.4. The maximum atomic E-state index is 11.3. The van der Waals surface area contributed by atoms with Gasteiger partial charge in [0, 0.05) is 19.4 Å². The van der Waals surface area contributed by atoms with Crippen molar-refractivity contribution < 1.29 is 9.59 Å². The highest BCUT2D eigenvalue weighted by atomic mass is 16.1. The summed E-state index contributed by atoms with van der Waals surface area (Å²) in [5, 5.41) is 5.85. The molecule has 142 valence electrons. The number of ketones is 1. The first-order valence-corrected chi connectivity index (χ1v) is 10.0. The van der Waals surface area contributed by atoms with E-state index < -0.39 is 0 Å². The second-order valence-corrected chi connectivity index (χ2v) is 6.92. The van der Waals surface area contributed by atoms with E-state index in [0.29, 0.717) is 5.78 Å². The summed E-state index contributed by atoms with van der Waals surface area (Å²) in [6, 6.07) is 0.167. The van der Waals surface area contributed by atoms with E-state index in [2.05, 4.69) is 10.6 Å². The van der Waals surface area contributed by atoms with Crippen LogP contribution in [0.4, 0.5) is 0 Å². The summed E-state index contributed by atoms with van der Waals surface area (Å²) >= 11 is 0. The molecule has 4 heteroatoms. The van der Waals surface area contributed by atoms with E-state index in [1.54, 1.807) is 7.05 Å². The lowest BCUT2D eigenvalue weighted by atomic mass is 9.86. The number of carbonyl (C=O) groups is 2. The molecule has 1 aliphatic carbocycles. The average Bonchev–Trinajstić information content (AvgIpc) is 3.16. The van der Waals surface area contributed by atoms with Crippen molar-refractivity contribution in [1.82, 2.24) is 10.6 Å². The topological polar surface area (TPSA) is 58.2 Å². The second-order valence-electron chi connectivity index (χ2n) is 6.92. The number of amides is 1. The van der Waals surface area contributed by atoms with Crippen molar-refractivity contribution in [3.63, 3.8) is 0 Å². The van der Waals surface area contributed by atoms with Gasteiger partial charge in [-0.25, -0.2) is 0 Å². The van der Waals surface area contributed by atoms with Crippen LogP contribution in [0.1, 0.15) is 85.5 Å². The molecule has 1 saturated heterocycles. The van der Waals surface area contributed by atoms with Gasteiger partial charge in [-0.15, -0.1) is 0 Å². The van der Waals surface area contributed by atoms with E-state index in [0.717, 1.165) is 38.1 Å². The standard InChI is InChI=1S/C10H19NO.C8H15NO.C2H6/c1-11-10(12)8-7-9-5-3-2-4-6-9;1-6(2)8(10)7-4-3-5-9-7;1-2/h9H,2-8H2,1H3,(H,11,12);6-7,9H,3-5H2,1-2H3;1-2H3. The van der Waals surface area contributed by atoms with Gasteiger partial charge in [0.2, 0.25) is 5.91 Å². The zero-order valence-electron chi connectivity index (χ0n) is 16.6. The number of rotatable bonds is 5. The number of Topliss-reactive ketones (excluding diaryl/α,β-unsaturated/α-hetero) is 1. The molecule has 0 bridgehead atoms. The van der Waals surface area contributed by atoms with Crippen LogP contribution in [0.25, 0.3) is 0 Å². The van der Waals surface area contributed by atoms with E-state index >= 15 is 0 Å². The largest absolute Gasteiger partial charge is 0.359 e. The highest BCUT2D eigenvalue weighted by Crippen LogP contribution is 2.26. The van der Waals surface area contributed by atoms with Crippen molar-refractivity contribution in [3.8, 4) is 0 Å². The Morgan fingerprint density at radius 1 is 1.04 bits per heavy atom. The van der Waals surface area contributed by atoms with Crippen molar-refractivity contribution in [2.75, 3.05) is 13.6 Å². The monoisotopic (exact) mass is 340 g/mol. The number of carbonyl (C=O) groups excluding carboxylic acids is 2. The molecule has 4 nitrogen and oxygen atoms in total. The third kappa shape index (κ3) is 10.1. The van der Waals surface area contributed by atoms with Crippen LogP contribution in [0.2, 0.25) is 0 Å². The molecule has 0 radical (unpaired) electrons. The minimum atomic E-state index is 0.167. The Hall–Kier alpha value is -0.900. The molecule has 24 heavy (non-hydrogen) atoms. The highest BCUT2D eigenvalue weighted by molar-refractivity contribution is 5.85. The van der Waals surface area contributed by atoms with E-state index in [-0.39, 0.29) is 17.9 Å². The second kappa shape index (κ2) is 14.4. The zero-order valence-corrected chi connectivity index (χ0v) is 16.6. The number of hydrogen-bond acceptors (Lipinski definition) is 3. The molecule has 2 rings (SSSR count).